The van der Waals surface area contributed by atoms with Gasteiger partial charge in [-0.15, -0.1) is 0 Å². The highest BCUT2D eigenvalue weighted by Crippen LogP contribution is 2.24. The van der Waals surface area contributed by atoms with Crippen LogP contribution in [0, 0.1) is 5.92 Å². The molecule has 1 aliphatic carbocycles. The Balaban J connectivity index is 1.74. The Morgan fingerprint density at radius 1 is 1.29 bits per heavy atom. The Morgan fingerprint density at radius 2 is 1.94 bits per heavy atom. The van der Waals surface area contributed by atoms with E-state index in [4.69, 9.17) is 5.11 Å². The van der Waals surface area contributed by atoms with Gasteiger partial charge in [-0.1, -0.05) is 0 Å². The second-order valence-corrected chi connectivity index (χ2v) is 4.62. The van der Waals surface area contributed by atoms with Crippen molar-refractivity contribution in [3.63, 3.8) is 0 Å². The van der Waals surface area contributed by atoms with Crippen LogP contribution in [0.3, 0.4) is 0 Å². The quantitative estimate of drug-likeness (QED) is 0.834. The van der Waals surface area contributed by atoms with Crippen molar-refractivity contribution in [1.82, 2.24) is 10.3 Å². The predicted octanol–water partition coefficient (Wildman–Crippen LogP) is 1.81. The molecule has 92 valence electrons. The number of aromatic nitrogens is 1. The number of aliphatic carboxylic acids is 1. The first-order chi connectivity index (χ1) is 8.25. The van der Waals surface area contributed by atoms with Gasteiger partial charge in [0, 0.05) is 25.0 Å². The van der Waals surface area contributed by atoms with Gasteiger partial charge in [-0.25, -0.2) is 0 Å². The zero-order chi connectivity index (χ0) is 12.1. The SMILES string of the molecule is O=C(O)C1CCC(NCc2ccncc2)CC1. The molecular formula is C13H18N2O2. The van der Waals surface area contributed by atoms with E-state index < -0.39 is 5.97 Å². The lowest BCUT2D eigenvalue weighted by atomic mass is 9.86. The van der Waals surface area contributed by atoms with Crippen LogP contribution in [0.4, 0.5) is 0 Å². The molecule has 0 atom stereocenters. The van der Waals surface area contributed by atoms with E-state index >= 15 is 0 Å². The summed E-state index contributed by atoms with van der Waals surface area (Å²) >= 11 is 0. The molecular weight excluding hydrogens is 216 g/mol. The van der Waals surface area contributed by atoms with Gasteiger partial charge in [0.1, 0.15) is 0 Å². The second kappa shape index (κ2) is 5.77. The van der Waals surface area contributed by atoms with Gasteiger partial charge in [-0.3, -0.25) is 9.78 Å². The molecule has 1 aromatic heterocycles. The van der Waals surface area contributed by atoms with Crippen LogP contribution in [0.15, 0.2) is 24.5 Å². The summed E-state index contributed by atoms with van der Waals surface area (Å²) in [5.74, 6) is -0.772. The average molecular weight is 234 g/mol. The summed E-state index contributed by atoms with van der Waals surface area (Å²) in [5.41, 5.74) is 1.22. The standard InChI is InChI=1S/C13H18N2O2/c16-13(17)11-1-3-12(4-2-11)15-9-10-5-7-14-8-6-10/h5-8,11-12,15H,1-4,9H2,(H,16,17). The number of carboxylic acid groups (broad SMARTS) is 1. The van der Waals surface area contributed by atoms with Crippen molar-refractivity contribution in [1.29, 1.82) is 0 Å². The van der Waals surface area contributed by atoms with Gasteiger partial charge >= 0.3 is 5.97 Å². The third kappa shape index (κ3) is 3.53. The zero-order valence-electron chi connectivity index (χ0n) is 9.80. The largest absolute Gasteiger partial charge is 0.481 e. The number of carboxylic acids is 1. The van der Waals surface area contributed by atoms with E-state index in [0.717, 1.165) is 32.2 Å². The lowest BCUT2D eigenvalue weighted by molar-refractivity contribution is -0.142. The van der Waals surface area contributed by atoms with Gasteiger partial charge in [0.2, 0.25) is 0 Å². The third-order valence-electron chi connectivity index (χ3n) is 3.42. The molecule has 1 fully saturated rings. The van der Waals surface area contributed by atoms with Crippen molar-refractivity contribution in [2.75, 3.05) is 0 Å². The molecule has 0 aromatic carbocycles. The maximum Gasteiger partial charge on any atom is 0.306 e. The first-order valence-corrected chi connectivity index (χ1v) is 6.11. The van der Waals surface area contributed by atoms with Gasteiger partial charge in [0.15, 0.2) is 0 Å². The van der Waals surface area contributed by atoms with Crippen molar-refractivity contribution in [2.45, 2.75) is 38.3 Å². The van der Waals surface area contributed by atoms with Gasteiger partial charge < -0.3 is 10.4 Å². The van der Waals surface area contributed by atoms with Crippen LogP contribution < -0.4 is 5.32 Å². The van der Waals surface area contributed by atoms with Gasteiger partial charge in [0.05, 0.1) is 5.92 Å². The van der Waals surface area contributed by atoms with Crippen LogP contribution in [0.1, 0.15) is 31.2 Å². The van der Waals surface area contributed by atoms with Gasteiger partial charge in [0.25, 0.3) is 0 Å². The fourth-order valence-electron chi connectivity index (χ4n) is 2.31. The Bertz CT molecular complexity index is 359. The van der Waals surface area contributed by atoms with E-state index in [2.05, 4.69) is 10.3 Å². The van der Waals surface area contributed by atoms with E-state index in [1.54, 1.807) is 12.4 Å². The summed E-state index contributed by atoms with van der Waals surface area (Å²) in [6, 6.07) is 4.45. The molecule has 17 heavy (non-hydrogen) atoms. The number of pyridine rings is 1. The summed E-state index contributed by atoms with van der Waals surface area (Å²) in [7, 11) is 0. The Kier molecular flexibility index (Phi) is 4.09. The van der Waals surface area contributed by atoms with E-state index in [0.29, 0.717) is 6.04 Å². The number of rotatable bonds is 4. The van der Waals surface area contributed by atoms with Crippen LogP contribution in [-0.4, -0.2) is 22.1 Å². The molecule has 0 bridgehead atoms. The molecule has 0 unspecified atom stereocenters. The minimum Gasteiger partial charge on any atom is -0.481 e. The van der Waals surface area contributed by atoms with Crippen LogP contribution in [-0.2, 0) is 11.3 Å². The summed E-state index contributed by atoms with van der Waals surface area (Å²) in [6.07, 6.45) is 7.09. The molecule has 1 heterocycles. The number of hydrogen-bond acceptors (Lipinski definition) is 3. The van der Waals surface area contributed by atoms with Crippen molar-refractivity contribution in [3.8, 4) is 0 Å². The smallest absolute Gasteiger partial charge is 0.306 e. The maximum atomic E-state index is 10.8. The van der Waals surface area contributed by atoms with Crippen molar-refractivity contribution in [3.05, 3.63) is 30.1 Å². The van der Waals surface area contributed by atoms with Crippen molar-refractivity contribution < 1.29 is 9.90 Å². The highest BCUT2D eigenvalue weighted by molar-refractivity contribution is 5.70. The molecule has 0 saturated heterocycles. The molecule has 2 N–H and O–H groups in total. The lowest BCUT2D eigenvalue weighted by Gasteiger charge is -2.26. The molecule has 1 aromatic rings. The van der Waals surface area contributed by atoms with Crippen LogP contribution in [0.5, 0.6) is 0 Å². The molecule has 0 spiro atoms. The highest BCUT2D eigenvalue weighted by atomic mass is 16.4. The van der Waals surface area contributed by atoms with Crippen molar-refractivity contribution >= 4 is 5.97 Å². The minimum absolute atomic E-state index is 0.131. The molecule has 2 rings (SSSR count). The van der Waals surface area contributed by atoms with E-state index in [9.17, 15) is 4.79 Å². The predicted molar refractivity (Wildman–Crippen MR) is 64.5 cm³/mol. The monoisotopic (exact) mass is 234 g/mol. The molecule has 1 aliphatic rings. The number of carbonyl (C=O) groups is 1. The molecule has 0 aliphatic heterocycles. The minimum atomic E-state index is -0.641. The highest BCUT2D eigenvalue weighted by Gasteiger charge is 2.25. The molecule has 0 radical (unpaired) electrons. The summed E-state index contributed by atoms with van der Waals surface area (Å²) in [4.78, 5) is 14.8. The lowest BCUT2D eigenvalue weighted by Crippen LogP contribution is -2.34. The van der Waals surface area contributed by atoms with E-state index in [1.165, 1.54) is 5.56 Å². The van der Waals surface area contributed by atoms with Crippen LogP contribution >= 0.6 is 0 Å². The number of hydrogen-bond donors (Lipinski definition) is 2. The average Bonchev–Trinajstić information content (AvgIpc) is 2.38. The number of nitrogens with zero attached hydrogens (tertiary/aromatic N) is 1. The Hall–Kier alpha value is -1.42. The topological polar surface area (TPSA) is 62.2 Å². The summed E-state index contributed by atoms with van der Waals surface area (Å²) in [5, 5.41) is 12.4. The zero-order valence-corrected chi connectivity index (χ0v) is 9.80. The summed E-state index contributed by atoms with van der Waals surface area (Å²) in [6.45, 7) is 0.838. The molecule has 0 amide bonds. The fraction of sp³-hybridized carbons (Fsp3) is 0.538. The molecule has 4 heteroatoms. The van der Waals surface area contributed by atoms with Gasteiger partial charge in [-0.2, -0.15) is 0 Å². The first kappa shape index (κ1) is 12.0. The number of nitrogens with one attached hydrogen (secondary N) is 1. The molecule has 4 nitrogen and oxygen atoms in total. The van der Waals surface area contributed by atoms with E-state index in [1.807, 2.05) is 12.1 Å². The first-order valence-electron chi connectivity index (χ1n) is 6.11. The van der Waals surface area contributed by atoms with Crippen molar-refractivity contribution in [2.24, 2.45) is 5.92 Å². The second-order valence-electron chi connectivity index (χ2n) is 4.62. The Labute approximate surface area is 101 Å². The fourth-order valence-corrected chi connectivity index (χ4v) is 2.31. The summed E-state index contributed by atoms with van der Waals surface area (Å²) < 4.78 is 0. The van der Waals surface area contributed by atoms with E-state index in [-0.39, 0.29) is 5.92 Å². The van der Waals surface area contributed by atoms with Gasteiger partial charge in [-0.05, 0) is 43.4 Å². The van der Waals surface area contributed by atoms with Crippen LogP contribution in [0.25, 0.3) is 0 Å². The maximum absolute atomic E-state index is 10.8. The third-order valence-corrected chi connectivity index (χ3v) is 3.42. The molecule has 1 saturated carbocycles. The Morgan fingerprint density at radius 3 is 2.53 bits per heavy atom. The normalized spacial score (nSPS) is 24.5. The van der Waals surface area contributed by atoms with Crippen LogP contribution in [0.2, 0.25) is 0 Å².